The first-order chi connectivity index (χ1) is 39.1. The number of ether oxygens (including phenoxy) is 1. The molecule has 1 aliphatic rings. The van der Waals surface area contributed by atoms with E-state index in [1.165, 1.54) is 4.91 Å². The molecule has 1 aliphatic heterocycles. The summed E-state index contributed by atoms with van der Waals surface area (Å²) in [6, 6.07) is 23.2. The number of hydrogen-bond donors (Lipinski definition) is 3. The Hall–Kier alpha value is -7.88. The maximum absolute atomic E-state index is 12.0. The maximum Gasteiger partial charge on any atom is 1.00 e. The van der Waals surface area contributed by atoms with Gasteiger partial charge >= 0.3 is 42.8 Å². The number of fused-ring (bicyclic) bond motifs is 2. The van der Waals surface area contributed by atoms with Crippen molar-refractivity contribution in [3.05, 3.63) is 142 Å². The Bertz CT molecular complexity index is 3840. The first kappa shape index (κ1) is 62.7. The van der Waals surface area contributed by atoms with E-state index in [9.17, 15) is 4.79 Å². The number of nitrogens with zero attached hydrogens (tertiary/aromatic N) is 18. The number of aryl methyl sites for hydroxylation is 2. The first-order valence-corrected chi connectivity index (χ1v) is 26.8. The molecule has 1 saturated heterocycles. The molecule has 0 saturated carbocycles. The van der Waals surface area contributed by atoms with Crippen LogP contribution >= 0.6 is 15.9 Å². The summed E-state index contributed by atoms with van der Waals surface area (Å²) in [6.07, 6.45) is 10.8. The van der Waals surface area contributed by atoms with Gasteiger partial charge in [-0.1, -0.05) is 12.1 Å². The summed E-state index contributed by atoms with van der Waals surface area (Å²) in [5, 5.41) is 34.4. The zero-order valence-corrected chi connectivity index (χ0v) is 51.9. The van der Waals surface area contributed by atoms with Gasteiger partial charge in [0.15, 0.2) is 0 Å². The summed E-state index contributed by atoms with van der Waals surface area (Å²) in [5.41, 5.74) is 25.8. The Kier molecular flexibility index (Phi) is 20.8. The summed E-state index contributed by atoms with van der Waals surface area (Å²) in [6.45, 7) is 20.3. The third-order valence-electron chi connectivity index (χ3n) is 13.0. The molecule has 1 amide bonds. The molecule has 10 aromatic rings. The molecule has 1 fully saturated rings. The Morgan fingerprint density at radius 3 is 1.71 bits per heavy atom. The van der Waals surface area contributed by atoms with Crippen molar-refractivity contribution in [2.75, 3.05) is 27.2 Å². The fraction of sp³-hybridized carbons (Fsp3) is 0.327. The molecule has 0 spiro atoms. The zero-order chi connectivity index (χ0) is 58.8. The summed E-state index contributed by atoms with van der Waals surface area (Å²) in [5.74, 6) is 0. The molecule has 0 aliphatic carbocycles. The molecule has 10 aromatic heterocycles. The normalized spacial score (nSPS) is 13.1. The van der Waals surface area contributed by atoms with Crippen LogP contribution in [-0.2, 0) is 27.1 Å². The van der Waals surface area contributed by atoms with Crippen molar-refractivity contribution in [3.8, 4) is 56.7 Å². The second-order valence-corrected chi connectivity index (χ2v) is 21.8. The minimum absolute atomic E-state index is 0. The number of hydrogen-bond acceptors (Lipinski definition) is 17. The molecule has 3 N–H and O–H groups in total. The Morgan fingerprint density at radius 1 is 0.699 bits per heavy atom. The van der Waals surface area contributed by atoms with Crippen LogP contribution in [0.4, 0.5) is 4.79 Å². The van der Waals surface area contributed by atoms with Gasteiger partial charge < -0.3 is 35.3 Å². The van der Waals surface area contributed by atoms with E-state index in [4.69, 9.17) is 30.1 Å². The topological polar surface area (TPSA) is 315 Å². The molecule has 422 valence electrons. The predicted molar refractivity (Wildman–Crippen MR) is 315 cm³/mol. The van der Waals surface area contributed by atoms with Crippen molar-refractivity contribution in [1.82, 2.24) is 90.5 Å². The standard InChI is InChI=1S/C22H21N9.C17H30BN3O4.C16H11BrN6.N3.Na/c1-14-4-3-5-18(26-14)21-22(29-30-28-21)19-7-6-17-20(27-19)10-15(11-24-17)16-12-25-31(13-16)9-8-23-2;1-15(2,3)23-14(22)20(8)9-10-21-12-13(11-19-21)18-24-16(4,5)17(6,7)25-18;1-9-3-2-4-12(19-9)15-16(22-23-21-15)13-6-5-11-14(20-13)7-10(17)8-18-11;1-3-2;/h3-7,10-13,23H,8-9H2,1-2H3,(H,28,29,30);11-12H,9-10H2,1-8H3;2-8H,1H3,(H,21,22,23);;/q;;;-1;+1. The van der Waals surface area contributed by atoms with Crippen molar-refractivity contribution < 1.29 is 48.4 Å². The monoisotopic (exact) mass is 1190 g/mol. The van der Waals surface area contributed by atoms with Crippen LogP contribution in [0.25, 0.3) is 94.7 Å². The van der Waals surface area contributed by atoms with E-state index in [0.717, 1.165) is 84.7 Å². The van der Waals surface area contributed by atoms with Crippen LogP contribution in [0.15, 0.2) is 114 Å². The number of halogens is 1. The number of likely N-dealkylation sites (N-methyl/N-ethyl adjacent to an activating group) is 2. The molecule has 28 heteroatoms. The van der Waals surface area contributed by atoms with E-state index >= 15 is 0 Å². The molecule has 0 radical (unpaired) electrons. The van der Waals surface area contributed by atoms with E-state index in [1.54, 1.807) is 29.0 Å². The average Bonchev–Trinajstić information content (AvgIpc) is 4.53. The van der Waals surface area contributed by atoms with E-state index in [0.29, 0.717) is 41.6 Å². The number of pyridine rings is 6. The Labute approximate surface area is 510 Å². The fourth-order valence-electron chi connectivity index (χ4n) is 8.08. The van der Waals surface area contributed by atoms with Gasteiger partial charge in [0.1, 0.15) is 28.4 Å². The second-order valence-electron chi connectivity index (χ2n) is 20.9. The van der Waals surface area contributed by atoms with E-state index in [-0.39, 0.29) is 46.9 Å². The fourth-order valence-corrected chi connectivity index (χ4v) is 8.40. The number of H-pyrrole nitrogens is 2. The second kappa shape index (κ2) is 27.5. The molecule has 25 nitrogen and oxygen atoms in total. The van der Waals surface area contributed by atoms with Gasteiger partial charge in [0, 0.05) is 83.6 Å². The third-order valence-corrected chi connectivity index (χ3v) is 13.4. The minimum Gasteiger partial charge on any atom is -0.444 e. The van der Waals surface area contributed by atoms with Crippen molar-refractivity contribution in [3.63, 3.8) is 0 Å². The summed E-state index contributed by atoms with van der Waals surface area (Å²) in [4.78, 5) is 42.5. The molecule has 0 bridgehead atoms. The first-order valence-electron chi connectivity index (χ1n) is 26.0. The van der Waals surface area contributed by atoms with Crippen LogP contribution in [0.3, 0.4) is 0 Å². The largest absolute Gasteiger partial charge is 1.00 e. The summed E-state index contributed by atoms with van der Waals surface area (Å²) in [7, 11) is 3.21. The van der Waals surface area contributed by atoms with E-state index in [1.807, 2.05) is 172 Å². The SMILES string of the molecule is CN(CCn1cc(B2OC(C)(C)C(C)(C)O2)cn1)C(=O)OC(C)(C)C.CNCCn1cc(-c2cnc3ccc(-c4n[nH]nc4-c4cccc(C)n4)nc3c2)cn1.Cc1cccc(-c2n[nH]nc2-c2ccc3ncc(Br)cc3n2)n1.[N-]=[N+]=[N-].[Na+]. The molecule has 11 rings (SSSR count). The smallest absolute Gasteiger partial charge is 0.444 e. The molecule has 11 heterocycles. The van der Waals surface area contributed by atoms with Gasteiger partial charge in [-0.3, -0.25) is 34.2 Å². The van der Waals surface area contributed by atoms with Crippen molar-refractivity contribution in [2.24, 2.45) is 0 Å². The molecule has 0 unspecified atom stereocenters. The van der Waals surface area contributed by atoms with Gasteiger partial charge in [-0.2, -0.15) is 41.0 Å². The maximum atomic E-state index is 12.0. The number of rotatable bonds is 12. The van der Waals surface area contributed by atoms with Gasteiger partial charge in [0.25, 0.3) is 0 Å². The van der Waals surface area contributed by atoms with Crippen LogP contribution in [-0.4, -0.2) is 142 Å². The number of aromatic amines is 2. The summed E-state index contributed by atoms with van der Waals surface area (Å²) < 4.78 is 22.0. The number of carbonyl (C=O) groups excluding carboxylic acids is 1. The van der Waals surface area contributed by atoms with Crippen molar-refractivity contribution >= 4 is 56.7 Å². The minimum atomic E-state index is -0.499. The number of aromatic nitrogens is 16. The number of carbonyl (C=O) groups is 1. The van der Waals surface area contributed by atoms with Gasteiger partial charge in [0.05, 0.1) is 75.3 Å². The predicted octanol–water partition coefficient (Wildman–Crippen LogP) is 6.34. The van der Waals surface area contributed by atoms with Crippen LogP contribution in [0.1, 0.15) is 59.9 Å². The Morgan fingerprint density at radius 2 is 1.19 bits per heavy atom. The van der Waals surface area contributed by atoms with Gasteiger partial charge in [0.2, 0.25) is 0 Å². The van der Waals surface area contributed by atoms with Crippen LogP contribution in [0.2, 0.25) is 0 Å². The summed E-state index contributed by atoms with van der Waals surface area (Å²) >= 11 is 3.42. The number of amides is 1. The molecular weight excluding hydrogens is 1130 g/mol. The molecule has 0 aromatic carbocycles. The molecular formula is C55H62BBrN21NaO4. The quantitative estimate of drug-likeness (QED) is 0.0520. The van der Waals surface area contributed by atoms with Gasteiger partial charge in [-0.15, -0.1) is 0 Å². The van der Waals surface area contributed by atoms with Crippen LogP contribution < -0.4 is 40.3 Å². The van der Waals surface area contributed by atoms with E-state index < -0.39 is 12.7 Å². The zero-order valence-electron chi connectivity index (χ0n) is 48.4. The van der Waals surface area contributed by atoms with Gasteiger partial charge in [-0.25, -0.2) is 14.8 Å². The van der Waals surface area contributed by atoms with Crippen LogP contribution in [0, 0.1) is 13.8 Å². The van der Waals surface area contributed by atoms with Crippen molar-refractivity contribution in [1.29, 1.82) is 0 Å². The van der Waals surface area contributed by atoms with Crippen LogP contribution in [0.5, 0.6) is 0 Å². The molecule has 83 heavy (non-hydrogen) atoms. The molecule has 0 atom stereocenters. The van der Waals surface area contributed by atoms with Gasteiger partial charge in [-0.05, 0) is 146 Å². The van der Waals surface area contributed by atoms with E-state index in [2.05, 4.69) is 87.2 Å². The Balaban J connectivity index is 0.000000176. The number of nitrogens with one attached hydrogen (secondary N) is 3. The third kappa shape index (κ3) is 16.0. The van der Waals surface area contributed by atoms with Crippen molar-refractivity contribution in [2.45, 2.75) is 92.2 Å². The average molecular weight is 1190 g/mol.